The quantitative estimate of drug-likeness (QED) is 0.774. The van der Waals surface area contributed by atoms with Crippen LogP contribution < -0.4 is 10.1 Å². The molecule has 0 aliphatic rings. The summed E-state index contributed by atoms with van der Waals surface area (Å²) in [5.74, 6) is -0.300. The minimum absolute atomic E-state index is 0.108. The van der Waals surface area contributed by atoms with E-state index in [0.717, 1.165) is 17.1 Å². The average Bonchev–Trinajstić information content (AvgIpc) is 2.88. The van der Waals surface area contributed by atoms with Gasteiger partial charge in [0, 0.05) is 0 Å². The van der Waals surface area contributed by atoms with Gasteiger partial charge in [0.1, 0.15) is 11.6 Å². The SMILES string of the molecule is O=C(COc1ccc(F)cc1Cl)Nc1nc2ccccc2[nH]1. The van der Waals surface area contributed by atoms with Crippen molar-refractivity contribution in [1.82, 2.24) is 9.97 Å². The first-order valence-corrected chi connectivity index (χ1v) is 6.82. The predicted octanol–water partition coefficient (Wildman–Crippen LogP) is 3.37. The average molecular weight is 320 g/mol. The van der Waals surface area contributed by atoms with Gasteiger partial charge in [-0.1, -0.05) is 23.7 Å². The van der Waals surface area contributed by atoms with Crippen molar-refractivity contribution in [3.05, 3.63) is 53.3 Å². The van der Waals surface area contributed by atoms with E-state index in [2.05, 4.69) is 15.3 Å². The second-order valence-corrected chi connectivity index (χ2v) is 4.92. The van der Waals surface area contributed by atoms with Gasteiger partial charge in [-0.15, -0.1) is 0 Å². The highest BCUT2D eigenvalue weighted by atomic mass is 35.5. The summed E-state index contributed by atoms with van der Waals surface area (Å²) in [6.45, 7) is -0.262. The van der Waals surface area contributed by atoms with Crippen molar-refractivity contribution in [2.45, 2.75) is 0 Å². The molecule has 3 aromatic rings. The van der Waals surface area contributed by atoms with E-state index in [0.29, 0.717) is 5.95 Å². The first-order valence-electron chi connectivity index (χ1n) is 6.44. The molecule has 3 rings (SSSR count). The summed E-state index contributed by atoms with van der Waals surface area (Å²) in [7, 11) is 0. The number of nitrogens with zero attached hydrogens (tertiary/aromatic N) is 1. The summed E-state index contributed by atoms with van der Waals surface area (Å²) >= 11 is 5.81. The number of aromatic amines is 1. The molecule has 5 nitrogen and oxygen atoms in total. The van der Waals surface area contributed by atoms with E-state index in [1.165, 1.54) is 12.1 Å². The van der Waals surface area contributed by atoms with Gasteiger partial charge in [0.05, 0.1) is 16.1 Å². The number of carbonyl (C=O) groups excluding carboxylic acids is 1. The standard InChI is InChI=1S/C15H11ClFN3O2/c16-10-7-9(17)5-6-13(10)22-8-14(21)20-15-18-11-3-1-2-4-12(11)19-15/h1-7H,8H2,(H2,18,19,20,21). The fourth-order valence-electron chi connectivity index (χ4n) is 1.92. The van der Waals surface area contributed by atoms with Crippen LogP contribution in [0.4, 0.5) is 10.3 Å². The molecule has 112 valence electrons. The molecule has 2 aromatic carbocycles. The van der Waals surface area contributed by atoms with E-state index < -0.39 is 11.7 Å². The van der Waals surface area contributed by atoms with Gasteiger partial charge in [0.2, 0.25) is 5.95 Å². The number of anilines is 1. The summed E-state index contributed by atoms with van der Waals surface area (Å²) < 4.78 is 18.2. The van der Waals surface area contributed by atoms with E-state index in [1.807, 2.05) is 24.3 Å². The molecular weight excluding hydrogens is 309 g/mol. The van der Waals surface area contributed by atoms with Crippen LogP contribution in [0.1, 0.15) is 0 Å². The van der Waals surface area contributed by atoms with Gasteiger partial charge in [0.25, 0.3) is 5.91 Å². The van der Waals surface area contributed by atoms with E-state index in [1.54, 1.807) is 0 Å². The fraction of sp³-hybridized carbons (Fsp3) is 0.0667. The first-order chi connectivity index (χ1) is 10.6. The third kappa shape index (κ3) is 3.17. The van der Waals surface area contributed by atoms with Gasteiger partial charge in [0.15, 0.2) is 6.61 Å². The highest BCUT2D eigenvalue weighted by Gasteiger charge is 2.09. The molecule has 1 aromatic heterocycles. The zero-order chi connectivity index (χ0) is 15.5. The second-order valence-electron chi connectivity index (χ2n) is 4.51. The number of fused-ring (bicyclic) bond motifs is 1. The Morgan fingerprint density at radius 2 is 2.14 bits per heavy atom. The van der Waals surface area contributed by atoms with Crippen molar-refractivity contribution >= 4 is 34.5 Å². The summed E-state index contributed by atoms with van der Waals surface area (Å²) in [5.41, 5.74) is 1.57. The Morgan fingerprint density at radius 1 is 1.32 bits per heavy atom. The molecule has 0 unspecified atom stereocenters. The number of amides is 1. The Hall–Kier alpha value is -2.60. The Morgan fingerprint density at radius 3 is 2.91 bits per heavy atom. The summed E-state index contributed by atoms with van der Waals surface area (Å²) in [6.07, 6.45) is 0. The van der Waals surface area contributed by atoms with Crippen LogP contribution in [0.25, 0.3) is 11.0 Å². The van der Waals surface area contributed by atoms with Gasteiger partial charge >= 0.3 is 0 Å². The molecule has 1 heterocycles. The molecule has 0 aliphatic heterocycles. The minimum atomic E-state index is -0.468. The number of H-pyrrole nitrogens is 1. The lowest BCUT2D eigenvalue weighted by atomic mass is 10.3. The molecule has 0 atom stereocenters. The van der Waals surface area contributed by atoms with Crippen LogP contribution in [0.15, 0.2) is 42.5 Å². The molecular formula is C15H11ClFN3O2. The number of ether oxygens (including phenoxy) is 1. The number of aromatic nitrogens is 2. The maximum Gasteiger partial charge on any atom is 0.264 e. The molecule has 1 amide bonds. The van der Waals surface area contributed by atoms with E-state index in [4.69, 9.17) is 16.3 Å². The van der Waals surface area contributed by atoms with Gasteiger partial charge in [-0.25, -0.2) is 9.37 Å². The zero-order valence-electron chi connectivity index (χ0n) is 11.3. The van der Waals surface area contributed by atoms with Crippen LogP contribution in [0.2, 0.25) is 5.02 Å². The lowest BCUT2D eigenvalue weighted by Gasteiger charge is -2.07. The monoisotopic (exact) mass is 319 g/mol. The summed E-state index contributed by atoms with van der Waals surface area (Å²) in [4.78, 5) is 19.0. The van der Waals surface area contributed by atoms with Crippen molar-refractivity contribution < 1.29 is 13.9 Å². The Kier molecular flexibility index (Phi) is 3.93. The van der Waals surface area contributed by atoms with Gasteiger partial charge in [-0.3, -0.25) is 10.1 Å². The van der Waals surface area contributed by atoms with Crippen molar-refractivity contribution in [3.63, 3.8) is 0 Å². The number of halogens is 2. The topological polar surface area (TPSA) is 67.0 Å². The lowest BCUT2D eigenvalue weighted by Crippen LogP contribution is -2.20. The highest BCUT2D eigenvalue weighted by molar-refractivity contribution is 6.32. The van der Waals surface area contributed by atoms with Crippen LogP contribution >= 0.6 is 11.6 Å². The first kappa shape index (κ1) is 14.3. The Labute approximate surface area is 130 Å². The number of hydrogen-bond acceptors (Lipinski definition) is 3. The number of hydrogen-bond donors (Lipinski definition) is 2. The number of benzene rings is 2. The molecule has 22 heavy (non-hydrogen) atoms. The smallest absolute Gasteiger partial charge is 0.264 e. The Balaban J connectivity index is 1.62. The van der Waals surface area contributed by atoms with Crippen LogP contribution in [0.5, 0.6) is 5.75 Å². The van der Waals surface area contributed by atoms with Crippen molar-refractivity contribution in [1.29, 1.82) is 0 Å². The molecule has 0 saturated heterocycles. The maximum absolute atomic E-state index is 12.9. The van der Waals surface area contributed by atoms with Crippen LogP contribution in [-0.2, 0) is 4.79 Å². The van der Waals surface area contributed by atoms with Crippen LogP contribution in [-0.4, -0.2) is 22.5 Å². The van der Waals surface area contributed by atoms with Crippen LogP contribution in [0.3, 0.4) is 0 Å². The molecule has 0 fully saturated rings. The molecule has 0 saturated carbocycles. The second kappa shape index (κ2) is 6.03. The molecule has 7 heteroatoms. The molecule has 0 spiro atoms. The third-order valence-electron chi connectivity index (χ3n) is 2.90. The van der Waals surface area contributed by atoms with Gasteiger partial charge in [-0.05, 0) is 30.3 Å². The normalized spacial score (nSPS) is 10.6. The number of rotatable bonds is 4. The fourth-order valence-corrected chi connectivity index (χ4v) is 2.14. The summed E-state index contributed by atoms with van der Waals surface area (Å²) in [6, 6.07) is 11.1. The molecule has 0 aliphatic carbocycles. The van der Waals surface area contributed by atoms with E-state index in [9.17, 15) is 9.18 Å². The van der Waals surface area contributed by atoms with E-state index >= 15 is 0 Å². The minimum Gasteiger partial charge on any atom is -0.482 e. The number of carbonyl (C=O) groups is 1. The third-order valence-corrected chi connectivity index (χ3v) is 3.20. The van der Waals surface area contributed by atoms with Crippen molar-refractivity contribution in [2.75, 3.05) is 11.9 Å². The molecule has 0 bridgehead atoms. The van der Waals surface area contributed by atoms with E-state index in [-0.39, 0.29) is 17.4 Å². The highest BCUT2D eigenvalue weighted by Crippen LogP contribution is 2.24. The largest absolute Gasteiger partial charge is 0.482 e. The zero-order valence-corrected chi connectivity index (χ0v) is 12.0. The molecule has 2 N–H and O–H groups in total. The van der Waals surface area contributed by atoms with Gasteiger partial charge in [-0.2, -0.15) is 0 Å². The predicted molar refractivity (Wildman–Crippen MR) is 81.6 cm³/mol. The maximum atomic E-state index is 12.9. The molecule has 0 radical (unpaired) electrons. The van der Waals surface area contributed by atoms with Crippen molar-refractivity contribution in [3.8, 4) is 5.75 Å². The number of nitrogens with one attached hydrogen (secondary N) is 2. The number of para-hydroxylation sites is 2. The number of imidazole rings is 1. The van der Waals surface area contributed by atoms with Crippen molar-refractivity contribution in [2.24, 2.45) is 0 Å². The van der Waals surface area contributed by atoms with Crippen LogP contribution in [0, 0.1) is 5.82 Å². The van der Waals surface area contributed by atoms with Gasteiger partial charge < -0.3 is 9.72 Å². The Bertz CT molecular complexity index is 802. The summed E-state index contributed by atoms with van der Waals surface area (Å²) in [5, 5.41) is 2.69. The lowest BCUT2D eigenvalue weighted by molar-refractivity contribution is -0.118.